The lowest BCUT2D eigenvalue weighted by Gasteiger charge is -2.93. The van der Waals surface area contributed by atoms with Crippen molar-refractivity contribution in [1.29, 1.82) is 0 Å². The summed E-state index contributed by atoms with van der Waals surface area (Å²) in [6, 6.07) is 0. The van der Waals surface area contributed by atoms with E-state index in [0.29, 0.717) is 21.7 Å². The summed E-state index contributed by atoms with van der Waals surface area (Å²) in [6.07, 6.45) is 16.4. The minimum Gasteiger partial charge on any atom is -0.0988 e. The summed E-state index contributed by atoms with van der Waals surface area (Å²) < 4.78 is 0. The van der Waals surface area contributed by atoms with Gasteiger partial charge in [-0.15, -0.1) is 0 Å². The Balaban J connectivity index is 1.28. The molecule has 0 saturated heterocycles. The molecular formula is C30H36. The largest absolute Gasteiger partial charge is 0.0988 e. The van der Waals surface area contributed by atoms with Crippen molar-refractivity contribution in [2.45, 2.75) is 51.4 Å². The van der Waals surface area contributed by atoms with E-state index in [4.69, 9.17) is 0 Å². The van der Waals surface area contributed by atoms with Crippen LogP contribution in [0.4, 0.5) is 0 Å². The highest BCUT2D eigenvalue weighted by Gasteiger charge is 2.89. The van der Waals surface area contributed by atoms with Gasteiger partial charge in [0.2, 0.25) is 0 Å². The Labute approximate surface area is 182 Å². The van der Waals surface area contributed by atoms with Gasteiger partial charge in [0.25, 0.3) is 0 Å². The SMILES string of the molecule is C=CC(=C)C12CC3C4CC56CC7(C(=C)C=C)CC8C9CC(C1)(C3C85)C(C4C2)C6C9C7. The number of rotatable bonds is 4. The smallest absolute Gasteiger partial charge is 0.00419 e. The molecule has 0 radical (unpaired) electrons. The quantitative estimate of drug-likeness (QED) is 0.457. The van der Waals surface area contributed by atoms with E-state index in [2.05, 4.69) is 38.5 Å². The van der Waals surface area contributed by atoms with Gasteiger partial charge in [-0.25, -0.2) is 0 Å². The molecule has 0 heterocycles. The van der Waals surface area contributed by atoms with Gasteiger partial charge in [-0.05, 0) is 143 Å². The number of allylic oxidation sites excluding steroid dienone is 4. The maximum atomic E-state index is 4.61. The molecule has 0 aromatic carbocycles. The van der Waals surface area contributed by atoms with Crippen LogP contribution in [0, 0.1) is 80.8 Å². The van der Waals surface area contributed by atoms with E-state index < -0.39 is 0 Å². The Morgan fingerprint density at radius 1 is 0.533 bits per heavy atom. The predicted octanol–water partition coefficient (Wildman–Crippen LogP) is 6.82. The van der Waals surface area contributed by atoms with Crippen LogP contribution in [-0.4, -0.2) is 0 Å². The highest BCUT2D eigenvalue weighted by molar-refractivity contribution is 5.42. The molecule has 13 fully saturated rings. The van der Waals surface area contributed by atoms with Crippen LogP contribution < -0.4 is 0 Å². The van der Waals surface area contributed by atoms with Crippen molar-refractivity contribution >= 4 is 0 Å². The topological polar surface area (TPSA) is 0 Å². The zero-order valence-corrected chi connectivity index (χ0v) is 18.4. The molecule has 13 aliphatic rings. The van der Waals surface area contributed by atoms with Crippen molar-refractivity contribution in [3.05, 3.63) is 49.6 Å². The summed E-state index contributed by atoms with van der Waals surface area (Å²) in [5, 5.41) is 0. The third-order valence-corrected chi connectivity index (χ3v) is 14.4. The molecule has 8 unspecified atom stereocenters. The fraction of sp³-hybridized carbons (Fsp3) is 0.733. The van der Waals surface area contributed by atoms with Crippen LogP contribution >= 0.6 is 0 Å². The Kier molecular flexibility index (Phi) is 2.36. The third-order valence-electron chi connectivity index (χ3n) is 14.4. The van der Waals surface area contributed by atoms with Gasteiger partial charge in [0.05, 0.1) is 0 Å². The van der Waals surface area contributed by atoms with Crippen LogP contribution in [0.3, 0.4) is 0 Å². The van der Waals surface area contributed by atoms with Crippen molar-refractivity contribution in [2.24, 2.45) is 80.8 Å². The average Bonchev–Trinajstić information content (AvgIpc) is 2.75. The molecule has 8 atom stereocenters. The molecular weight excluding hydrogens is 360 g/mol. The maximum absolute atomic E-state index is 4.61. The lowest BCUT2D eigenvalue weighted by molar-refractivity contribution is -0.443. The monoisotopic (exact) mass is 396 g/mol. The maximum Gasteiger partial charge on any atom is -0.00419 e. The molecule has 0 nitrogen and oxygen atoms in total. The second-order valence-corrected chi connectivity index (χ2v) is 14.2. The molecule has 156 valence electrons. The summed E-state index contributed by atoms with van der Waals surface area (Å²) >= 11 is 0. The van der Waals surface area contributed by atoms with Crippen molar-refractivity contribution < 1.29 is 0 Å². The summed E-state index contributed by atoms with van der Waals surface area (Å²) in [7, 11) is 0. The lowest BCUT2D eigenvalue weighted by atomic mass is 9.11. The zero-order chi connectivity index (χ0) is 20.0. The van der Waals surface area contributed by atoms with Crippen LogP contribution in [-0.2, 0) is 0 Å². The lowest BCUT2D eigenvalue weighted by Crippen LogP contribution is -2.87. The Morgan fingerprint density at radius 2 is 0.867 bits per heavy atom. The zero-order valence-electron chi connectivity index (χ0n) is 18.4. The van der Waals surface area contributed by atoms with Gasteiger partial charge in [-0.1, -0.05) is 38.5 Å². The molecule has 0 N–H and O–H groups in total. The van der Waals surface area contributed by atoms with Crippen LogP contribution in [0.25, 0.3) is 0 Å². The third kappa shape index (κ3) is 1.24. The van der Waals surface area contributed by atoms with Crippen molar-refractivity contribution in [3.8, 4) is 0 Å². The predicted molar refractivity (Wildman–Crippen MR) is 120 cm³/mol. The molecule has 13 rings (SSSR count). The Bertz CT molecular complexity index is 872. The van der Waals surface area contributed by atoms with E-state index in [1.165, 1.54) is 49.7 Å². The van der Waals surface area contributed by atoms with Gasteiger partial charge in [0.15, 0.2) is 0 Å². The average molecular weight is 397 g/mol. The summed E-state index contributed by atoms with van der Waals surface area (Å²) in [5.74, 6) is 10.5. The highest BCUT2D eigenvalue weighted by Crippen LogP contribution is 2.95. The molecule has 0 aliphatic heterocycles. The standard InChI is InChI=1S/C30H36/c1-5-15(3)27-7-19-17-12-30-14-28(16(4)6-2)9-21-18-11-29(13-27,23(19)25(21)30)24(20(17)8-27)26(30)22(18)10-28/h5-6,17-26H,1-4,7-14H2. The van der Waals surface area contributed by atoms with Gasteiger partial charge in [-0.3, -0.25) is 0 Å². The molecule has 0 aromatic rings. The first kappa shape index (κ1) is 16.6. The Morgan fingerprint density at radius 3 is 1.17 bits per heavy atom. The first-order valence-corrected chi connectivity index (χ1v) is 13.1. The van der Waals surface area contributed by atoms with E-state index >= 15 is 0 Å². The fourth-order valence-electron chi connectivity index (χ4n) is 14.8. The molecule has 13 aliphatic carbocycles. The van der Waals surface area contributed by atoms with Crippen LogP contribution in [0.1, 0.15) is 51.4 Å². The minimum atomic E-state index is 0.437. The van der Waals surface area contributed by atoms with E-state index in [0.717, 1.165) is 59.2 Å². The number of hydrogen-bond donors (Lipinski definition) is 0. The van der Waals surface area contributed by atoms with Gasteiger partial charge in [0, 0.05) is 0 Å². The molecule has 13 saturated carbocycles. The highest BCUT2D eigenvalue weighted by atomic mass is 14.9. The molecule has 30 heavy (non-hydrogen) atoms. The van der Waals surface area contributed by atoms with Crippen molar-refractivity contribution in [2.75, 3.05) is 0 Å². The van der Waals surface area contributed by atoms with E-state index in [-0.39, 0.29) is 0 Å². The Hall–Kier alpha value is -1.04. The molecule has 0 aromatic heterocycles. The van der Waals surface area contributed by atoms with Gasteiger partial charge >= 0.3 is 0 Å². The molecule has 0 heteroatoms. The fourth-order valence-corrected chi connectivity index (χ4v) is 14.8. The molecule has 2 spiro atoms. The first-order valence-electron chi connectivity index (χ1n) is 13.1. The number of hydrogen-bond acceptors (Lipinski definition) is 0. The second kappa shape index (κ2) is 4.27. The second-order valence-electron chi connectivity index (χ2n) is 14.2. The normalized spacial score (nSPS) is 70.0. The van der Waals surface area contributed by atoms with E-state index in [9.17, 15) is 0 Å². The molecule has 14 bridgehead atoms. The summed E-state index contributed by atoms with van der Waals surface area (Å²) in [6.45, 7) is 17.6. The van der Waals surface area contributed by atoms with Gasteiger partial charge < -0.3 is 0 Å². The van der Waals surface area contributed by atoms with Crippen LogP contribution in [0.15, 0.2) is 49.6 Å². The summed E-state index contributed by atoms with van der Waals surface area (Å²) in [4.78, 5) is 0. The molecule has 0 amide bonds. The van der Waals surface area contributed by atoms with Crippen molar-refractivity contribution in [1.82, 2.24) is 0 Å². The minimum absolute atomic E-state index is 0.437. The van der Waals surface area contributed by atoms with E-state index in [1.54, 1.807) is 12.8 Å². The van der Waals surface area contributed by atoms with Gasteiger partial charge in [0.1, 0.15) is 0 Å². The summed E-state index contributed by atoms with van der Waals surface area (Å²) in [5.41, 5.74) is 5.13. The van der Waals surface area contributed by atoms with Gasteiger partial charge in [-0.2, -0.15) is 0 Å². The van der Waals surface area contributed by atoms with Crippen molar-refractivity contribution in [3.63, 3.8) is 0 Å². The van der Waals surface area contributed by atoms with Crippen LogP contribution in [0.5, 0.6) is 0 Å². The van der Waals surface area contributed by atoms with Crippen LogP contribution in [0.2, 0.25) is 0 Å². The van der Waals surface area contributed by atoms with E-state index in [1.807, 2.05) is 0 Å². The first-order chi connectivity index (χ1) is 14.4.